The Morgan fingerprint density at radius 2 is 1.93 bits per heavy atom. The maximum absolute atomic E-state index is 11.9. The zero-order valence-corrected chi connectivity index (χ0v) is 24.6. The summed E-state index contributed by atoms with van der Waals surface area (Å²) in [5.41, 5.74) is 4.40. The third-order valence-corrected chi connectivity index (χ3v) is 6.60. The molecule has 0 bridgehead atoms. The molecule has 0 saturated carbocycles. The molecule has 1 amide bonds. The van der Waals surface area contributed by atoms with Crippen molar-refractivity contribution < 1.29 is 17.9 Å². The molecule has 4 rings (SSSR count). The van der Waals surface area contributed by atoms with Crippen molar-refractivity contribution in [2.75, 3.05) is 23.9 Å². The number of halogens is 1. The zero-order chi connectivity index (χ0) is 28.0. The topological polar surface area (TPSA) is 115 Å². The molecule has 0 spiro atoms. The Bertz CT molecular complexity index is 1620. The van der Waals surface area contributed by atoms with Gasteiger partial charge in [-0.3, -0.25) is 4.79 Å². The molecule has 0 aliphatic rings. The first-order chi connectivity index (χ1) is 18.6. The molecule has 0 aliphatic carbocycles. The smallest absolute Gasteiger partial charge is 0.235 e. The van der Waals surface area contributed by atoms with Gasteiger partial charge < -0.3 is 19.9 Å². The van der Waals surface area contributed by atoms with Gasteiger partial charge in [0.2, 0.25) is 5.91 Å². The number of hydrogen-bond acceptors (Lipinski definition) is 7. The Kier molecular flexibility index (Phi) is 10.3. The average Bonchev–Trinajstić information content (AvgIpc) is 3.28. The number of aromatic nitrogens is 3. The van der Waals surface area contributed by atoms with Crippen molar-refractivity contribution in [1.29, 1.82) is 0 Å². The minimum Gasteiger partial charge on any atom is -0.457 e. The Morgan fingerprint density at radius 1 is 1.12 bits per heavy atom. The fourth-order valence-electron chi connectivity index (χ4n) is 4.01. The molecule has 0 radical (unpaired) electrons. The number of aryl methyl sites for hydroxylation is 1. The highest BCUT2D eigenvalue weighted by Crippen LogP contribution is 2.30. The van der Waals surface area contributed by atoms with Crippen molar-refractivity contribution in [1.82, 2.24) is 19.9 Å². The van der Waals surface area contributed by atoms with Gasteiger partial charge in [0.1, 0.15) is 29.1 Å². The third-order valence-electron chi connectivity index (χ3n) is 5.82. The number of carbonyl (C=O) groups excluding carboxylic acids is 1. The van der Waals surface area contributed by atoms with E-state index >= 15 is 0 Å². The number of carbonyl (C=O) groups is 1. The molecule has 40 heavy (non-hydrogen) atoms. The summed E-state index contributed by atoms with van der Waals surface area (Å²) in [6.07, 6.45) is 8.64. The van der Waals surface area contributed by atoms with Gasteiger partial charge in [-0.1, -0.05) is 38.1 Å². The van der Waals surface area contributed by atoms with E-state index in [4.69, 9.17) is 4.74 Å². The predicted octanol–water partition coefficient (Wildman–Crippen LogP) is 5.53. The van der Waals surface area contributed by atoms with Gasteiger partial charge in [0.15, 0.2) is 15.7 Å². The van der Waals surface area contributed by atoms with Crippen molar-refractivity contribution in [2.45, 2.75) is 27.3 Å². The summed E-state index contributed by atoms with van der Waals surface area (Å²) in [5.74, 6) is 1.55. The van der Waals surface area contributed by atoms with E-state index in [-0.39, 0.29) is 19.0 Å². The Labute approximate surface area is 241 Å². The molecule has 9 nitrogen and oxygen atoms in total. The minimum atomic E-state index is -3.38. The van der Waals surface area contributed by atoms with Crippen LogP contribution in [-0.4, -0.2) is 47.4 Å². The summed E-state index contributed by atoms with van der Waals surface area (Å²) in [6.45, 7) is 6.97. The van der Waals surface area contributed by atoms with Crippen LogP contribution in [0.1, 0.15) is 25.0 Å². The van der Waals surface area contributed by atoms with Crippen molar-refractivity contribution in [3.63, 3.8) is 0 Å². The van der Waals surface area contributed by atoms with Crippen LogP contribution in [0.15, 0.2) is 67.1 Å². The maximum atomic E-state index is 11.9. The molecule has 2 aromatic carbocycles. The lowest BCUT2D eigenvalue weighted by molar-refractivity contribution is -0.118. The van der Waals surface area contributed by atoms with Gasteiger partial charge in [-0.15, -0.1) is 12.4 Å². The lowest BCUT2D eigenvalue weighted by Crippen LogP contribution is -2.32. The molecular weight excluding hydrogens is 550 g/mol. The standard InChI is InChI=1S/C29H33N5O4S.ClH/c1-20(2)8-9-22-6-5-7-24(17-22)38-26-11-10-23(16-21(26)3)33-29-28-25(31-19-32-29)12-14-34(28)15-13-30-27(35)18-39(4,36)37;/h5-12,14,16-17,19-20H,13,15,18H2,1-4H3,(H,30,35)(H,31,32,33);1H/b9-8+;. The zero-order valence-electron chi connectivity index (χ0n) is 22.9. The van der Waals surface area contributed by atoms with Crippen LogP contribution in [0.25, 0.3) is 17.1 Å². The fourth-order valence-corrected chi connectivity index (χ4v) is 4.58. The highest BCUT2D eigenvalue weighted by Gasteiger charge is 2.13. The molecule has 212 valence electrons. The first-order valence-electron chi connectivity index (χ1n) is 12.7. The normalized spacial score (nSPS) is 11.5. The largest absolute Gasteiger partial charge is 0.457 e. The number of nitrogens with zero attached hydrogens (tertiary/aromatic N) is 3. The molecule has 11 heteroatoms. The summed E-state index contributed by atoms with van der Waals surface area (Å²) in [7, 11) is -3.38. The molecule has 0 atom stereocenters. The van der Waals surface area contributed by atoms with Crippen LogP contribution in [0.5, 0.6) is 11.5 Å². The van der Waals surface area contributed by atoms with E-state index in [0.717, 1.165) is 45.6 Å². The van der Waals surface area contributed by atoms with E-state index in [1.807, 2.05) is 66.2 Å². The van der Waals surface area contributed by atoms with Gasteiger partial charge in [-0.05, 0) is 60.4 Å². The first kappa shape index (κ1) is 30.6. The summed E-state index contributed by atoms with van der Waals surface area (Å²) in [6, 6.07) is 15.7. The van der Waals surface area contributed by atoms with E-state index in [1.165, 1.54) is 6.33 Å². The molecule has 0 saturated heterocycles. The Morgan fingerprint density at radius 3 is 2.65 bits per heavy atom. The molecule has 0 fully saturated rings. The molecule has 0 unspecified atom stereocenters. The molecule has 4 aromatic rings. The van der Waals surface area contributed by atoms with Crippen LogP contribution >= 0.6 is 12.4 Å². The first-order valence-corrected chi connectivity index (χ1v) is 14.7. The van der Waals surface area contributed by atoms with E-state index in [2.05, 4.69) is 46.6 Å². The number of sulfone groups is 1. The third kappa shape index (κ3) is 8.56. The second-order valence-corrected chi connectivity index (χ2v) is 11.9. The SMILES string of the molecule is Cc1cc(Nc2ncnc3ccn(CCNC(=O)CS(C)(=O)=O)c23)ccc1Oc1cccc(/C=C/C(C)C)c1.Cl. The van der Waals surface area contributed by atoms with Gasteiger partial charge >= 0.3 is 0 Å². The molecule has 2 aromatic heterocycles. The van der Waals surface area contributed by atoms with Crippen LogP contribution < -0.4 is 15.4 Å². The summed E-state index contributed by atoms with van der Waals surface area (Å²) in [4.78, 5) is 20.6. The van der Waals surface area contributed by atoms with Crippen LogP contribution in [0, 0.1) is 12.8 Å². The summed E-state index contributed by atoms with van der Waals surface area (Å²) < 4.78 is 30.7. The number of hydrogen-bond donors (Lipinski definition) is 2. The lowest BCUT2D eigenvalue weighted by Gasteiger charge is -2.14. The van der Waals surface area contributed by atoms with Gasteiger partial charge in [-0.25, -0.2) is 18.4 Å². The van der Waals surface area contributed by atoms with E-state index in [0.29, 0.717) is 18.3 Å². The second kappa shape index (κ2) is 13.5. The number of rotatable bonds is 11. The highest BCUT2D eigenvalue weighted by atomic mass is 35.5. The van der Waals surface area contributed by atoms with Gasteiger partial charge in [-0.2, -0.15) is 0 Å². The van der Waals surface area contributed by atoms with Gasteiger partial charge in [0, 0.05) is 31.2 Å². The number of anilines is 2. The van der Waals surface area contributed by atoms with Crippen molar-refractivity contribution in [3.05, 3.63) is 78.3 Å². The summed E-state index contributed by atoms with van der Waals surface area (Å²) >= 11 is 0. The van der Waals surface area contributed by atoms with Crippen molar-refractivity contribution in [2.24, 2.45) is 5.92 Å². The van der Waals surface area contributed by atoms with E-state index < -0.39 is 21.5 Å². The fraction of sp³-hybridized carbons (Fsp3) is 0.276. The van der Waals surface area contributed by atoms with E-state index in [9.17, 15) is 13.2 Å². The molecule has 2 N–H and O–H groups in total. The number of benzene rings is 2. The van der Waals surface area contributed by atoms with Crippen LogP contribution in [0.4, 0.5) is 11.5 Å². The number of allylic oxidation sites excluding steroid dienone is 1. The van der Waals surface area contributed by atoms with E-state index in [1.54, 1.807) is 0 Å². The minimum absolute atomic E-state index is 0. The maximum Gasteiger partial charge on any atom is 0.235 e. The predicted molar refractivity (Wildman–Crippen MR) is 162 cm³/mol. The molecular formula is C29H34ClN5O4S. The monoisotopic (exact) mass is 583 g/mol. The quantitative estimate of drug-likeness (QED) is 0.239. The summed E-state index contributed by atoms with van der Waals surface area (Å²) in [5, 5.41) is 6.01. The number of amides is 1. The molecule has 2 heterocycles. The van der Waals surface area contributed by atoms with Crippen LogP contribution in [-0.2, 0) is 21.2 Å². The van der Waals surface area contributed by atoms with Crippen molar-refractivity contribution in [3.8, 4) is 11.5 Å². The number of nitrogens with one attached hydrogen (secondary N) is 2. The number of fused-ring (bicyclic) bond motifs is 1. The molecule has 0 aliphatic heterocycles. The average molecular weight is 584 g/mol. The Balaban J connectivity index is 0.00000441. The lowest BCUT2D eigenvalue weighted by atomic mass is 10.1. The van der Waals surface area contributed by atoms with Crippen LogP contribution in [0.3, 0.4) is 0 Å². The number of ether oxygens (including phenoxy) is 1. The van der Waals surface area contributed by atoms with Crippen LogP contribution in [0.2, 0.25) is 0 Å². The van der Waals surface area contributed by atoms with Gasteiger partial charge in [0.05, 0.1) is 5.52 Å². The second-order valence-electron chi connectivity index (χ2n) is 9.77. The van der Waals surface area contributed by atoms with Gasteiger partial charge in [0.25, 0.3) is 0 Å². The highest BCUT2D eigenvalue weighted by molar-refractivity contribution is 7.91. The van der Waals surface area contributed by atoms with Crippen molar-refractivity contribution >= 4 is 56.8 Å². The Hall–Kier alpha value is -3.89.